The maximum atomic E-state index is 14.1. The van der Waals surface area contributed by atoms with Crippen LogP contribution >= 0.6 is 23.5 Å². The van der Waals surface area contributed by atoms with E-state index >= 15 is 0 Å². The van der Waals surface area contributed by atoms with Gasteiger partial charge in [0.05, 0.1) is 31.4 Å². The smallest absolute Gasteiger partial charge is 0.326 e. The van der Waals surface area contributed by atoms with E-state index in [9.17, 15) is 82.1 Å². The van der Waals surface area contributed by atoms with E-state index in [0.717, 1.165) is 6.92 Å². The van der Waals surface area contributed by atoms with Crippen LogP contribution in [0.3, 0.4) is 0 Å². The number of nitrogens with one attached hydrogen (secondary N) is 12. The standard InChI is InChI=1S/C57H90N18O17S2/c1-29(47(81)64-27-45(80)68-37(18-21-93-4)53(87)75-46(31(3)76)56(90)73-40(24-33-26-63-28-65-33)55(89)74-41(57(91)92)25-44(62)79)66-50(84)35(14-16-42(60)77)69-48(82)30(2)67-51(85)36(15-17-43(61)78)70-52(86)38(19-22-94-5)71-54(88)39(23-32-11-7-6-8-12-32)72-49(83)34(59)13-9-10-20-58/h6-8,11-12,26,28-31,34-41,46,76H,9-10,13-25,27,58-59H2,1-5H3,(H2,60,77)(H2,61,78)(H2,62,79)(H,63,65)(H,64,81)(H,66,84)(H,67,85)(H,68,80)(H,69,82)(H,70,86)(H,71,88)(H,72,83)(H,73,90)(H,74,89)(H,75,87)(H,91,92)/t29-,30-,31+,34-,35-,36-,37-,38-,39-,40-,41-,46-/m0/s1. The van der Waals surface area contributed by atoms with Crippen molar-refractivity contribution in [3.05, 3.63) is 54.1 Å². The fourth-order valence-corrected chi connectivity index (χ4v) is 9.63. The summed E-state index contributed by atoms with van der Waals surface area (Å²) in [7, 11) is 0. The van der Waals surface area contributed by atoms with E-state index in [1.54, 1.807) is 42.8 Å². The number of aliphatic carboxylic acids is 1. The first-order valence-electron chi connectivity index (χ1n) is 29.9. The summed E-state index contributed by atoms with van der Waals surface area (Å²) in [5, 5.41) is 46.7. The molecule has 14 amide bonds. The Hall–Kier alpha value is -8.94. The number of carboxylic acid groups (broad SMARTS) is 1. The molecule has 0 spiro atoms. The van der Waals surface area contributed by atoms with Crippen molar-refractivity contribution in [3.63, 3.8) is 0 Å². The minimum Gasteiger partial charge on any atom is -0.480 e. The summed E-state index contributed by atoms with van der Waals surface area (Å²) in [4.78, 5) is 204. The molecule has 522 valence electrons. The maximum Gasteiger partial charge on any atom is 0.326 e. The van der Waals surface area contributed by atoms with Gasteiger partial charge in [0, 0.05) is 37.6 Å². The highest BCUT2D eigenvalue weighted by Crippen LogP contribution is 2.11. The van der Waals surface area contributed by atoms with Gasteiger partial charge in [-0.2, -0.15) is 23.5 Å². The Balaban J connectivity index is 2.21. The van der Waals surface area contributed by atoms with Gasteiger partial charge < -0.3 is 102 Å². The Morgan fingerprint density at radius 1 is 0.521 bits per heavy atom. The Bertz CT molecular complexity index is 2900. The number of nitrogens with zero attached hydrogens (tertiary/aromatic N) is 1. The first-order valence-corrected chi connectivity index (χ1v) is 32.7. The molecule has 0 unspecified atom stereocenters. The van der Waals surface area contributed by atoms with Crippen LogP contribution in [0.4, 0.5) is 0 Å². The molecule has 1 aromatic heterocycles. The highest BCUT2D eigenvalue weighted by Gasteiger charge is 2.36. The van der Waals surface area contributed by atoms with Crippen molar-refractivity contribution >= 4 is 112 Å². The van der Waals surface area contributed by atoms with E-state index in [1.807, 2.05) is 0 Å². The third-order valence-corrected chi connectivity index (χ3v) is 15.3. The van der Waals surface area contributed by atoms with Crippen LogP contribution in [-0.4, -0.2) is 219 Å². The van der Waals surface area contributed by atoms with Crippen molar-refractivity contribution < 1.29 is 82.1 Å². The number of rotatable bonds is 46. The number of H-pyrrole nitrogens is 1. The molecule has 35 nitrogen and oxygen atoms in total. The monoisotopic (exact) mass is 1360 g/mol. The molecule has 0 radical (unpaired) electrons. The highest BCUT2D eigenvalue weighted by atomic mass is 32.2. The number of hydrogen-bond acceptors (Lipinski definition) is 21. The van der Waals surface area contributed by atoms with Gasteiger partial charge in [0.25, 0.3) is 0 Å². The predicted molar refractivity (Wildman–Crippen MR) is 343 cm³/mol. The average Bonchev–Trinajstić information content (AvgIpc) is 1.06. The number of aromatic amines is 1. The first kappa shape index (κ1) is 81.2. The minimum absolute atomic E-state index is 0.0119. The summed E-state index contributed by atoms with van der Waals surface area (Å²) in [6.07, 6.45) is 3.01. The Morgan fingerprint density at radius 2 is 0.979 bits per heavy atom. The molecule has 0 aliphatic heterocycles. The van der Waals surface area contributed by atoms with Crippen LogP contribution < -0.4 is 87.2 Å². The first-order chi connectivity index (χ1) is 44.4. The normalized spacial score (nSPS) is 14.8. The second-order valence-corrected chi connectivity index (χ2v) is 23.8. The van der Waals surface area contributed by atoms with Crippen LogP contribution in [0.5, 0.6) is 0 Å². The van der Waals surface area contributed by atoms with Crippen LogP contribution in [0.1, 0.15) is 96.2 Å². The molecule has 37 heteroatoms. The van der Waals surface area contributed by atoms with Crippen LogP contribution in [0.25, 0.3) is 0 Å². The SMILES string of the molecule is CSCC[C@H](NC(=O)CNC(=O)[C@H](C)NC(=O)[C@H](CCC(N)=O)NC(=O)[C@H](C)NC(=O)[C@H](CCC(N)=O)NC(=O)[C@H](CCSC)NC(=O)[C@H](Cc1ccccc1)NC(=O)[C@@H](N)CCCCN)C(=O)N[C@H](C(=O)N[C@@H](Cc1cnc[nH]1)C(=O)N[C@@H](CC(N)=O)C(=O)O)[C@@H](C)O. The van der Waals surface area contributed by atoms with Crippen LogP contribution in [0.2, 0.25) is 0 Å². The van der Waals surface area contributed by atoms with Gasteiger partial charge >= 0.3 is 5.97 Å². The molecule has 0 saturated carbocycles. The molecule has 0 fully saturated rings. The number of amides is 14. The molecule has 0 aliphatic carbocycles. The lowest BCUT2D eigenvalue weighted by atomic mass is 10.0. The molecule has 0 saturated heterocycles. The third kappa shape index (κ3) is 31.1. The summed E-state index contributed by atoms with van der Waals surface area (Å²) in [5.74, 6) is -14.2. The largest absolute Gasteiger partial charge is 0.480 e. The van der Waals surface area contributed by atoms with E-state index in [2.05, 4.69) is 68.5 Å². The molecule has 94 heavy (non-hydrogen) atoms. The van der Waals surface area contributed by atoms with Gasteiger partial charge in [0.15, 0.2) is 0 Å². The van der Waals surface area contributed by atoms with E-state index in [1.165, 1.54) is 49.9 Å². The molecular weight excluding hydrogens is 1270 g/mol. The Morgan fingerprint density at radius 3 is 1.47 bits per heavy atom. The van der Waals surface area contributed by atoms with Gasteiger partial charge in [-0.25, -0.2) is 9.78 Å². The second kappa shape index (κ2) is 43.1. The van der Waals surface area contributed by atoms with Crippen molar-refractivity contribution in [1.29, 1.82) is 0 Å². The molecule has 2 rings (SSSR count). The lowest BCUT2D eigenvalue weighted by Crippen LogP contribution is -2.61. The van der Waals surface area contributed by atoms with Gasteiger partial charge in [-0.05, 0) is 95.4 Å². The number of primary amides is 3. The summed E-state index contributed by atoms with van der Waals surface area (Å²) in [5.41, 5.74) is 28.6. The summed E-state index contributed by atoms with van der Waals surface area (Å²) in [6, 6.07) is -7.40. The summed E-state index contributed by atoms with van der Waals surface area (Å²) >= 11 is 2.61. The lowest BCUT2D eigenvalue weighted by Gasteiger charge is -2.27. The topological polar surface area (TPSA) is 588 Å². The summed E-state index contributed by atoms with van der Waals surface area (Å²) in [6.45, 7) is 3.14. The highest BCUT2D eigenvalue weighted by molar-refractivity contribution is 7.98. The number of carbonyl (C=O) groups is 15. The zero-order chi connectivity index (χ0) is 70.6. The number of aliphatic hydroxyl groups is 1. The zero-order valence-corrected chi connectivity index (χ0v) is 54.6. The quantitative estimate of drug-likeness (QED) is 0.0274. The van der Waals surface area contributed by atoms with Crippen molar-refractivity contribution in [2.24, 2.45) is 28.7 Å². The van der Waals surface area contributed by atoms with E-state index < -0.39 is 193 Å². The Labute approximate surface area is 550 Å². The van der Waals surface area contributed by atoms with Crippen molar-refractivity contribution in [2.75, 3.05) is 37.1 Å². The number of carbonyl (C=O) groups excluding carboxylic acids is 14. The molecule has 0 aliphatic rings. The van der Waals surface area contributed by atoms with Crippen molar-refractivity contribution in [2.45, 2.75) is 170 Å². The van der Waals surface area contributed by atoms with Crippen LogP contribution in [-0.2, 0) is 84.8 Å². The van der Waals surface area contributed by atoms with Gasteiger partial charge in [-0.3, -0.25) is 67.1 Å². The molecule has 0 bridgehead atoms. The number of nitrogens with two attached hydrogens (primary N) is 5. The minimum atomic E-state index is -1.79. The number of aromatic nitrogens is 2. The second-order valence-electron chi connectivity index (χ2n) is 21.8. The van der Waals surface area contributed by atoms with Crippen molar-refractivity contribution in [1.82, 2.24) is 68.5 Å². The zero-order valence-electron chi connectivity index (χ0n) is 53.0. The molecule has 1 aromatic carbocycles. The van der Waals surface area contributed by atoms with Crippen LogP contribution in [0.15, 0.2) is 42.9 Å². The van der Waals surface area contributed by atoms with E-state index in [4.69, 9.17) is 28.7 Å². The molecule has 12 atom stereocenters. The number of carboxylic acids is 1. The number of thioether (sulfide) groups is 2. The number of aliphatic hydroxyl groups excluding tert-OH is 1. The van der Waals surface area contributed by atoms with Gasteiger partial charge in [0.1, 0.15) is 60.4 Å². The lowest BCUT2D eigenvalue weighted by molar-refractivity contribution is -0.144. The molecule has 2 aromatic rings. The van der Waals surface area contributed by atoms with Crippen LogP contribution in [0, 0.1) is 0 Å². The van der Waals surface area contributed by atoms with Crippen molar-refractivity contribution in [3.8, 4) is 0 Å². The fourth-order valence-electron chi connectivity index (χ4n) is 8.68. The van der Waals surface area contributed by atoms with E-state index in [-0.39, 0.29) is 43.6 Å². The average molecular weight is 1360 g/mol. The Kier molecular flexibility index (Phi) is 37.2. The number of hydrogen-bond donors (Lipinski definition) is 19. The number of benzene rings is 1. The van der Waals surface area contributed by atoms with Gasteiger partial charge in [-0.15, -0.1) is 0 Å². The number of unbranched alkanes of at least 4 members (excludes halogenated alkanes) is 1. The third-order valence-electron chi connectivity index (χ3n) is 14.0. The molecule has 24 N–H and O–H groups in total. The predicted octanol–water partition coefficient (Wildman–Crippen LogP) is -6.97. The molecule has 1 heterocycles. The van der Waals surface area contributed by atoms with Gasteiger partial charge in [-0.1, -0.05) is 36.8 Å². The van der Waals surface area contributed by atoms with Gasteiger partial charge in [0.2, 0.25) is 82.7 Å². The summed E-state index contributed by atoms with van der Waals surface area (Å²) < 4.78 is 0. The maximum absolute atomic E-state index is 14.1. The van der Waals surface area contributed by atoms with E-state index in [0.29, 0.717) is 37.1 Å². The number of imidazole rings is 1. The fraction of sp³-hybridized carbons (Fsp3) is 0.579. The molecular formula is C57H90N18O17S2.